The van der Waals surface area contributed by atoms with Crippen LogP contribution in [0.25, 0.3) is 0 Å². The molecule has 0 spiro atoms. The molecule has 3 aromatic carbocycles. The van der Waals surface area contributed by atoms with Gasteiger partial charge in [0.15, 0.2) is 0 Å². The number of sulfonamides is 1. The molecule has 0 saturated carbocycles. The van der Waals surface area contributed by atoms with Gasteiger partial charge in [0.1, 0.15) is 24.1 Å². The molecule has 0 bridgehead atoms. The van der Waals surface area contributed by atoms with E-state index in [2.05, 4.69) is 5.32 Å². The van der Waals surface area contributed by atoms with Crippen molar-refractivity contribution in [2.45, 2.75) is 51.1 Å². The highest BCUT2D eigenvalue weighted by molar-refractivity contribution is 7.92. The summed E-state index contributed by atoms with van der Waals surface area (Å²) >= 11 is 0. The highest BCUT2D eigenvalue weighted by atomic mass is 32.2. The number of methoxy groups -OCH3 is 2. The molecule has 0 radical (unpaired) electrons. The topological polar surface area (TPSA) is 105 Å². The third-order valence-electron chi connectivity index (χ3n) is 6.65. The Balaban J connectivity index is 2.09. The standard InChI is InChI=1S/C31H39N3O6S/c1-6-19-32-31(36)27(7-2)33(21-24-12-10-11-23(3)20-24)30(35)22-34(28-13-8-9-14-29(28)40-5)41(37,38)26-17-15-25(39-4)16-18-26/h8-18,20,27H,6-7,19,21-22H2,1-5H3,(H,32,36)/t27-/m0/s1. The van der Waals surface area contributed by atoms with Crippen LogP contribution in [-0.2, 0) is 26.2 Å². The van der Waals surface area contributed by atoms with E-state index in [9.17, 15) is 18.0 Å². The monoisotopic (exact) mass is 581 g/mol. The molecule has 9 nitrogen and oxygen atoms in total. The number of ether oxygens (including phenoxy) is 2. The van der Waals surface area contributed by atoms with Crippen molar-refractivity contribution in [1.82, 2.24) is 10.2 Å². The first kappa shape index (κ1) is 31.5. The lowest BCUT2D eigenvalue weighted by Crippen LogP contribution is -2.52. The lowest BCUT2D eigenvalue weighted by Gasteiger charge is -2.33. The average molecular weight is 582 g/mol. The van der Waals surface area contributed by atoms with E-state index in [0.717, 1.165) is 21.9 Å². The molecule has 3 aromatic rings. The van der Waals surface area contributed by atoms with Crippen LogP contribution in [0, 0.1) is 6.92 Å². The first-order valence-electron chi connectivity index (χ1n) is 13.6. The zero-order chi connectivity index (χ0) is 30.0. The Morgan fingerprint density at radius 2 is 1.63 bits per heavy atom. The van der Waals surface area contributed by atoms with Gasteiger partial charge in [-0.15, -0.1) is 0 Å². The van der Waals surface area contributed by atoms with Gasteiger partial charge in [0.25, 0.3) is 10.0 Å². The molecule has 0 aliphatic carbocycles. The van der Waals surface area contributed by atoms with Crippen LogP contribution < -0.4 is 19.1 Å². The summed E-state index contributed by atoms with van der Waals surface area (Å²) in [5.41, 5.74) is 2.05. The second-order valence-electron chi connectivity index (χ2n) is 9.58. The molecule has 0 heterocycles. The minimum Gasteiger partial charge on any atom is -0.497 e. The zero-order valence-corrected chi connectivity index (χ0v) is 25.1. The largest absolute Gasteiger partial charge is 0.497 e. The Bertz CT molecular complexity index is 1430. The van der Waals surface area contributed by atoms with Gasteiger partial charge in [-0.25, -0.2) is 8.42 Å². The number of amides is 2. The number of nitrogens with one attached hydrogen (secondary N) is 1. The number of rotatable bonds is 14. The maximum Gasteiger partial charge on any atom is 0.264 e. The van der Waals surface area contributed by atoms with Gasteiger partial charge in [-0.3, -0.25) is 13.9 Å². The summed E-state index contributed by atoms with van der Waals surface area (Å²) in [6.45, 7) is 5.80. The number of carbonyl (C=O) groups excluding carboxylic acids is 2. The van der Waals surface area contributed by atoms with E-state index in [-0.39, 0.29) is 28.8 Å². The highest BCUT2D eigenvalue weighted by Crippen LogP contribution is 2.33. The van der Waals surface area contributed by atoms with E-state index in [1.807, 2.05) is 45.0 Å². The third-order valence-corrected chi connectivity index (χ3v) is 8.42. The fourth-order valence-electron chi connectivity index (χ4n) is 4.52. The molecule has 0 fully saturated rings. The Kier molecular flexibility index (Phi) is 11.2. The quantitative estimate of drug-likeness (QED) is 0.300. The summed E-state index contributed by atoms with van der Waals surface area (Å²) in [7, 11) is -1.31. The minimum atomic E-state index is -4.24. The normalized spacial score (nSPS) is 11.8. The Labute approximate surface area is 243 Å². The second kappa shape index (κ2) is 14.5. The van der Waals surface area contributed by atoms with Crippen molar-refractivity contribution in [3.63, 3.8) is 0 Å². The van der Waals surface area contributed by atoms with Gasteiger partial charge in [0.2, 0.25) is 11.8 Å². The number of aryl methyl sites for hydroxylation is 1. The molecule has 10 heteroatoms. The van der Waals surface area contributed by atoms with E-state index in [4.69, 9.17) is 9.47 Å². The van der Waals surface area contributed by atoms with Crippen LogP contribution in [0.15, 0.2) is 77.7 Å². The van der Waals surface area contributed by atoms with Crippen LogP contribution >= 0.6 is 0 Å². The number of nitrogens with zero attached hydrogens (tertiary/aromatic N) is 2. The van der Waals surface area contributed by atoms with Gasteiger partial charge < -0.3 is 19.7 Å². The van der Waals surface area contributed by atoms with Crippen molar-refractivity contribution in [2.24, 2.45) is 0 Å². The molecule has 0 unspecified atom stereocenters. The van der Waals surface area contributed by atoms with Crippen LogP contribution in [0.1, 0.15) is 37.8 Å². The van der Waals surface area contributed by atoms with Gasteiger partial charge in [0.05, 0.1) is 24.8 Å². The molecular formula is C31H39N3O6S. The van der Waals surface area contributed by atoms with E-state index < -0.39 is 28.5 Å². The summed E-state index contributed by atoms with van der Waals surface area (Å²) in [5.74, 6) is -0.0161. The van der Waals surface area contributed by atoms with Crippen LogP contribution in [0.5, 0.6) is 11.5 Å². The summed E-state index contributed by atoms with van der Waals surface area (Å²) in [4.78, 5) is 28.8. The minimum absolute atomic E-state index is 0.0185. The smallest absolute Gasteiger partial charge is 0.264 e. The molecule has 41 heavy (non-hydrogen) atoms. The summed E-state index contributed by atoms with van der Waals surface area (Å²) < 4.78 is 39.8. The van der Waals surface area contributed by atoms with Gasteiger partial charge in [-0.2, -0.15) is 0 Å². The summed E-state index contributed by atoms with van der Waals surface area (Å²) in [5, 5.41) is 2.89. The van der Waals surface area contributed by atoms with E-state index >= 15 is 0 Å². The van der Waals surface area contributed by atoms with E-state index in [1.165, 1.54) is 31.3 Å². The number of para-hydroxylation sites is 2. The Morgan fingerprint density at radius 1 is 0.927 bits per heavy atom. The maximum absolute atomic E-state index is 14.2. The lowest BCUT2D eigenvalue weighted by molar-refractivity contribution is -0.140. The fourth-order valence-corrected chi connectivity index (χ4v) is 5.94. The number of benzene rings is 3. The van der Waals surface area contributed by atoms with Gasteiger partial charge in [-0.1, -0.05) is 55.8 Å². The fraction of sp³-hybridized carbons (Fsp3) is 0.355. The molecule has 0 aliphatic rings. The van der Waals surface area contributed by atoms with Crippen molar-refractivity contribution in [1.29, 1.82) is 0 Å². The molecule has 0 aliphatic heterocycles. The van der Waals surface area contributed by atoms with Crippen molar-refractivity contribution >= 4 is 27.5 Å². The SMILES string of the molecule is CCCNC(=O)[C@H](CC)N(Cc1cccc(C)c1)C(=O)CN(c1ccccc1OC)S(=O)(=O)c1ccc(OC)cc1. The van der Waals surface area contributed by atoms with Crippen molar-refractivity contribution in [3.05, 3.63) is 83.9 Å². The molecule has 0 aromatic heterocycles. The van der Waals surface area contributed by atoms with Crippen LogP contribution in [0.3, 0.4) is 0 Å². The van der Waals surface area contributed by atoms with Gasteiger partial charge >= 0.3 is 0 Å². The average Bonchev–Trinajstić information content (AvgIpc) is 2.98. The predicted octanol–water partition coefficient (Wildman–Crippen LogP) is 4.54. The Morgan fingerprint density at radius 3 is 2.24 bits per heavy atom. The molecule has 2 amide bonds. The zero-order valence-electron chi connectivity index (χ0n) is 24.3. The number of carbonyl (C=O) groups is 2. The Hall–Kier alpha value is -4.05. The lowest BCUT2D eigenvalue weighted by atomic mass is 10.1. The van der Waals surface area contributed by atoms with Gasteiger partial charge in [0, 0.05) is 13.1 Å². The molecule has 0 saturated heterocycles. The van der Waals surface area contributed by atoms with Crippen molar-refractivity contribution in [3.8, 4) is 11.5 Å². The second-order valence-corrected chi connectivity index (χ2v) is 11.4. The van der Waals surface area contributed by atoms with Crippen molar-refractivity contribution < 1.29 is 27.5 Å². The van der Waals surface area contributed by atoms with Crippen LogP contribution in [0.4, 0.5) is 5.69 Å². The van der Waals surface area contributed by atoms with Gasteiger partial charge in [-0.05, 0) is 61.7 Å². The van der Waals surface area contributed by atoms with E-state index in [1.54, 1.807) is 36.4 Å². The third kappa shape index (κ3) is 7.79. The summed E-state index contributed by atoms with van der Waals surface area (Å²) in [6.07, 6.45) is 1.10. The molecule has 3 rings (SSSR count). The number of hydrogen-bond donors (Lipinski definition) is 1. The van der Waals surface area contributed by atoms with Crippen LogP contribution in [-0.4, -0.2) is 58.5 Å². The molecule has 220 valence electrons. The maximum atomic E-state index is 14.2. The first-order chi connectivity index (χ1) is 19.7. The molecule has 1 atom stereocenters. The molecule has 1 N–H and O–H groups in total. The predicted molar refractivity (Wildman–Crippen MR) is 160 cm³/mol. The highest BCUT2D eigenvalue weighted by Gasteiger charge is 2.34. The molecular weight excluding hydrogens is 542 g/mol. The number of anilines is 1. The van der Waals surface area contributed by atoms with Crippen LogP contribution in [0.2, 0.25) is 0 Å². The van der Waals surface area contributed by atoms with Crippen molar-refractivity contribution in [2.75, 3.05) is 31.6 Å². The number of hydrogen-bond acceptors (Lipinski definition) is 6. The summed E-state index contributed by atoms with van der Waals surface area (Å²) in [6, 6.07) is 19.4. The first-order valence-corrected chi connectivity index (χ1v) is 15.0. The van der Waals surface area contributed by atoms with E-state index in [0.29, 0.717) is 18.7 Å².